The van der Waals surface area contributed by atoms with Crippen molar-refractivity contribution in [2.45, 2.75) is 46.6 Å². The Morgan fingerprint density at radius 2 is 2.25 bits per heavy atom. The highest BCUT2D eigenvalue weighted by molar-refractivity contribution is 5.46. The van der Waals surface area contributed by atoms with Crippen molar-refractivity contribution in [3.05, 3.63) is 23.5 Å². The average Bonchev–Trinajstić information content (AvgIpc) is 2.49. The quantitative estimate of drug-likeness (QED) is 0.773. The predicted molar refractivity (Wildman–Crippen MR) is 69.7 cm³/mol. The second kappa shape index (κ2) is 5.73. The van der Waals surface area contributed by atoms with E-state index in [-0.39, 0.29) is 0 Å². The summed E-state index contributed by atoms with van der Waals surface area (Å²) >= 11 is 0. The Labute approximate surface area is 98.5 Å². The minimum Gasteiger partial charge on any atom is -0.380 e. The molecule has 0 radical (unpaired) electrons. The van der Waals surface area contributed by atoms with Crippen molar-refractivity contribution in [1.29, 1.82) is 0 Å². The third-order valence-corrected chi connectivity index (χ3v) is 2.79. The molecule has 1 unspecified atom stereocenters. The summed E-state index contributed by atoms with van der Waals surface area (Å²) in [4.78, 5) is 0. The lowest BCUT2D eigenvalue weighted by atomic mass is 10.1. The first-order valence-corrected chi connectivity index (χ1v) is 5.89. The molecule has 0 aromatic carbocycles. The van der Waals surface area contributed by atoms with Gasteiger partial charge in [0.15, 0.2) is 0 Å². The molecule has 0 saturated carbocycles. The Bertz CT molecular complexity index is 359. The molecule has 0 spiro atoms. The molecule has 1 heterocycles. The molecule has 90 valence electrons. The summed E-state index contributed by atoms with van der Waals surface area (Å²) < 4.78 is 1.89. The molecule has 1 aromatic rings. The fourth-order valence-electron chi connectivity index (χ4n) is 1.60. The molecule has 0 fully saturated rings. The van der Waals surface area contributed by atoms with Crippen molar-refractivity contribution in [3.8, 4) is 0 Å². The van der Waals surface area contributed by atoms with Crippen LogP contribution in [0.25, 0.3) is 0 Å². The molecule has 0 bridgehead atoms. The van der Waals surface area contributed by atoms with Crippen molar-refractivity contribution in [2.24, 2.45) is 7.05 Å². The summed E-state index contributed by atoms with van der Waals surface area (Å²) in [5.41, 5.74) is 3.73. The van der Waals surface area contributed by atoms with Gasteiger partial charge in [-0.25, -0.2) is 0 Å². The molecule has 16 heavy (non-hydrogen) atoms. The first-order chi connectivity index (χ1) is 7.50. The number of hydrogen-bond donors (Lipinski definition) is 1. The van der Waals surface area contributed by atoms with E-state index in [9.17, 15) is 0 Å². The fraction of sp³-hybridized carbons (Fsp3) is 0.615. The number of aromatic nitrogens is 2. The Hall–Kier alpha value is -1.25. The van der Waals surface area contributed by atoms with Gasteiger partial charge in [-0.1, -0.05) is 11.6 Å². The normalized spacial score (nSPS) is 12.3. The highest BCUT2D eigenvalue weighted by atomic mass is 15.3. The van der Waals surface area contributed by atoms with Gasteiger partial charge in [-0.05, 0) is 40.5 Å². The molecule has 3 nitrogen and oxygen atoms in total. The lowest BCUT2D eigenvalue weighted by molar-refractivity contribution is 0.712. The van der Waals surface area contributed by atoms with Crippen LogP contribution in [0.15, 0.2) is 17.8 Å². The van der Waals surface area contributed by atoms with Crippen LogP contribution in [-0.4, -0.2) is 15.8 Å². The van der Waals surface area contributed by atoms with Crippen LogP contribution in [0.5, 0.6) is 0 Å². The predicted octanol–water partition coefficient (Wildman–Crippen LogP) is 3.28. The maximum atomic E-state index is 4.22. The lowest BCUT2D eigenvalue weighted by Gasteiger charge is -2.13. The standard InChI is InChI=1S/C13H23N3/c1-10(2)7-6-8-11(3)15-13-9-14-16(5)12(13)4/h7,9,11,15H,6,8H2,1-5H3. The molecule has 1 atom stereocenters. The molecule has 0 saturated heterocycles. The number of allylic oxidation sites excluding steroid dienone is 2. The largest absolute Gasteiger partial charge is 0.380 e. The Morgan fingerprint density at radius 1 is 1.56 bits per heavy atom. The maximum absolute atomic E-state index is 4.22. The molecule has 1 rings (SSSR count). The number of aryl methyl sites for hydroxylation is 1. The van der Waals surface area contributed by atoms with Gasteiger partial charge < -0.3 is 5.32 Å². The van der Waals surface area contributed by atoms with Gasteiger partial charge in [-0.3, -0.25) is 4.68 Å². The van der Waals surface area contributed by atoms with E-state index in [1.807, 2.05) is 17.9 Å². The first-order valence-electron chi connectivity index (χ1n) is 5.89. The van der Waals surface area contributed by atoms with Gasteiger partial charge in [0.2, 0.25) is 0 Å². The zero-order chi connectivity index (χ0) is 12.1. The van der Waals surface area contributed by atoms with E-state index < -0.39 is 0 Å². The van der Waals surface area contributed by atoms with Crippen LogP contribution in [0.4, 0.5) is 5.69 Å². The van der Waals surface area contributed by atoms with Gasteiger partial charge in [0.25, 0.3) is 0 Å². The van der Waals surface area contributed by atoms with Gasteiger partial charge in [-0.15, -0.1) is 0 Å². The molecular weight excluding hydrogens is 198 g/mol. The third-order valence-electron chi connectivity index (χ3n) is 2.79. The van der Waals surface area contributed by atoms with Gasteiger partial charge in [0, 0.05) is 13.1 Å². The first kappa shape index (κ1) is 12.8. The SMILES string of the molecule is CC(C)=CCCC(C)Nc1cnn(C)c1C. The van der Waals surface area contributed by atoms with Crippen LogP contribution in [0, 0.1) is 6.92 Å². The monoisotopic (exact) mass is 221 g/mol. The molecule has 0 aliphatic rings. The fourth-order valence-corrected chi connectivity index (χ4v) is 1.60. The highest BCUT2D eigenvalue weighted by Gasteiger charge is 2.06. The number of hydrogen-bond acceptors (Lipinski definition) is 2. The number of rotatable bonds is 5. The summed E-state index contributed by atoms with van der Waals surface area (Å²) in [6.45, 7) is 8.58. The minimum atomic E-state index is 0.485. The topological polar surface area (TPSA) is 29.9 Å². The van der Waals surface area contributed by atoms with Crippen LogP contribution >= 0.6 is 0 Å². The van der Waals surface area contributed by atoms with E-state index in [0.29, 0.717) is 6.04 Å². The summed E-state index contributed by atoms with van der Waals surface area (Å²) in [7, 11) is 1.97. The second-order valence-electron chi connectivity index (χ2n) is 4.67. The van der Waals surface area contributed by atoms with Crippen molar-refractivity contribution in [2.75, 3.05) is 5.32 Å². The van der Waals surface area contributed by atoms with Crippen LogP contribution in [-0.2, 0) is 7.05 Å². The second-order valence-corrected chi connectivity index (χ2v) is 4.67. The van der Waals surface area contributed by atoms with Gasteiger partial charge in [0.05, 0.1) is 17.6 Å². The zero-order valence-electron chi connectivity index (χ0n) is 11.0. The van der Waals surface area contributed by atoms with Gasteiger partial charge >= 0.3 is 0 Å². The molecule has 1 aromatic heterocycles. The highest BCUT2D eigenvalue weighted by Crippen LogP contribution is 2.15. The summed E-state index contributed by atoms with van der Waals surface area (Å²) in [5.74, 6) is 0. The van der Waals surface area contributed by atoms with Crippen LogP contribution in [0.2, 0.25) is 0 Å². The Kier molecular flexibility index (Phi) is 4.59. The number of nitrogens with one attached hydrogen (secondary N) is 1. The smallest absolute Gasteiger partial charge is 0.0758 e. The maximum Gasteiger partial charge on any atom is 0.0758 e. The van der Waals surface area contributed by atoms with E-state index in [0.717, 1.165) is 18.5 Å². The summed E-state index contributed by atoms with van der Waals surface area (Å²) in [6, 6.07) is 0.485. The van der Waals surface area contributed by atoms with E-state index in [1.54, 1.807) is 0 Å². The molecule has 3 heteroatoms. The van der Waals surface area contributed by atoms with Crippen LogP contribution < -0.4 is 5.32 Å². The van der Waals surface area contributed by atoms with E-state index in [2.05, 4.69) is 44.2 Å². The third kappa shape index (κ3) is 3.72. The van der Waals surface area contributed by atoms with E-state index in [4.69, 9.17) is 0 Å². The summed E-state index contributed by atoms with van der Waals surface area (Å²) in [6.07, 6.45) is 6.47. The van der Waals surface area contributed by atoms with Crippen molar-refractivity contribution in [1.82, 2.24) is 9.78 Å². The molecule has 0 aliphatic heterocycles. The van der Waals surface area contributed by atoms with Gasteiger partial charge in [-0.2, -0.15) is 5.10 Å². The van der Waals surface area contributed by atoms with Crippen molar-refractivity contribution >= 4 is 5.69 Å². The van der Waals surface area contributed by atoms with Crippen molar-refractivity contribution < 1.29 is 0 Å². The van der Waals surface area contributed by atoms with Crippen molar-refractivity contribution in [3.63, 3.8) is 0 Å². The lowest BCUT2D eigenvalue weighted by Crippen LogP contribution is -2.15. The molecule has 0 amide bonds. The number of nitrogens with zero attached hydrogens (tertiary/aromatic N) is 2. The Morgan fingerprint density at radius 3 is 2.75 bits per heavy atom. The molecule has 0 aliphatic carbocycles. The van der Waals surface area contributed by atoms with E-state index in [1.165, 1.54) is 11.3 Å². The minimum absolute atomic E-state index is 0.485. The number of anilines is 1. The van der Waals surface area contributed by atoms with Gasteiger partial charge in [0.1, 0.15) is 0 Å². The van der Waals surface area contributed by atoms with Crippen LogP contribution in [0.3, 0.4) is 0 Å². The molecule has 1 N–H and O–H groups in total. The summed E-state index contributed by atoms with van der Waals surface area (Å²) in [5, 5.41) is 7.71. The van der Waals surface area contributed by atoms with Crippen LogP contribution in [0.1, 0.15) is 39.3 Å². The zero-order valence-corrected chi connectivity index (χ0v) is 11.0. The Balaban J connectivity index is 2.43. The average molecular weight is 221 g/mol. The van der Waals surface area contributed by atoms with E-state index >= 15 is 0 Å². The molecular formula is C13H23N3.